The minimum Gasteiger partial charge on any atom is -0.283 e. The van der Waals surface area contributed by atoms with Crippen molar-refractivity contribution in [3.05, 3.63) is 24.4 Å². The number of nitrogens with zero attached hydrogens (tertiary/aromatic N) is 1. The quantitative estimate of drug-likeness (QED) is 0.848. The van der Waals surface area contributed by atoms with Crippen molar-refractivity contribution in [3.8, 4) is 0 Å². The van der Waals surface area contributed by atoms with Crippen LogP contribution >= 0.6 is 0 Å². The highest BCUT2D eigenvalue weighted by Gasteiger charge is 2.35. The van der Waals surface area contributed by atoms with Crippen molar-refractivity contribution in [2.75, 3.05) is 4.72 Å². The highest BCUT2D eigenvalue weighted by Crippen LogP contribution is 2.30. The summed E-state index contributed by atoms with van der Waals surface area (Å²) in [6.07, 6.45) is 3.23. The zero-order valence-electron chi connectivity index (χ0n) is 8.47. The van der Waals surface area contributed by atoms with Gasteiger partial charge in [-0.25, -0.2) is 8.42 Å². The SMILES string of the molecule is O=S(=O)(Nc1ccc2cn[nH]c2c1)C1CC1. The van der Waals surface area contributed by atoms with E-state index in [4.69, 9.17) is 0 Å². The average molecular weight is 237 g/mol. The van der Waals surface area contributed by atoms with Gasteiger partial charge in [0.2, 0.25) is 10.0 Å². The van der Waals surface area contributed by atoms with Gasteiger partial charge < -0.3 is 0 Å². The number of aromatic nitrogens is 2. The number of H-pyrrole nitrogens is 1. The number of fused-ring (bicyclic) bond motifs is 1. The summed E-state index contributed by atoms with van der Waals surface area (Å²) >= 11 is 0. The van der Waals surface area contributed by atoms with Crippen LogP contribution in [0.4, 0.5) is 5.69 Å². The van der Waals surface area contributed by atoms with Crippen LogP contribution in [-0.4, -0.2) is 23.9 Å². The van der Waals surface area contributed by atoms with Gasteiger partial charge in [0.25, 0.3) is 0 Å². The molecule has 16 heavy (non-hydrogen) atoms. The second kappa shape index (κ2) is 3.21. The molecule has 1 saturated carbocycles. The van der Waals surface area contributed by atoms with Crippen LogP contribution in [0, 0.1) is 0 Å². The van der Waals surface area contributed by atoms with Gasteiger partial charge in [0, 0.05) is 5.39 Å². The van der Waals surface area contributed by atoms with Crippen molar-refractivity contribution >= 4 is 26.6 Å². The number of aromatic amines is 1. The summed E-state index contributed by atoms with van der Waals surface area (Å²) < 4.78 is 26.0. The van der Waals surface area contributed by atoms with Crippen molar-refractivity contribution in [1.82, 2.24) is 10.2 Å². The molecule has 1 aliphatic rings. The summed E-state index contributed by atoms with van der Waals surface area (Å²) in [4.78, 5) is 0. The lowest BCUT2D eigenvalue weighted by Crippen LogP contribution is -2.17. The average Bonchev–Trinajstić information content (AvgIpc) is 2.99. The van der Waals surface area contributed by atoms with Crippen LogP contribution < -0.4 is 4.72 Å². The third-order valence-electron chi connectivity index (χ3n) is 2.67. The van der Waals surface area contributed by atoms with Gasteiger partial charge in [0.15, 0.2) is 0 Å². The predicted molar refractivity (Wildman–Crippen MR) is 61.7 cm³/mol. The van der Waals surface area contributed by atoms with Crippen LogP contribution in [0.5, 0.6) is 0 Å². The van der Waals surface area contributed by atoms with E-state index in [1.807, 2.05) is 6.07 Å². The Morgan fingerprint density at radius 2 is 2.19 bits per heavy atom. The first kappa shape index (κ1) is 9.65. The number of rotatable bonds is 3. The zero-order valence-corrected chi connectivity index (χ0v) is 9.29. The number of anilines is 1. The molecule has 0 radical (unpaired) electrons. The van der Waals surface area contributed by atoms with Crippen LogP contribution in [0.1, 0.15) is 12.8 Å². The van der Waals surface area contributed by atoms with Crippen molar-refractivity contribution in [2.45, 2.75) is 18.1 Å². The molecule has 0 unspecified atom stereocenters. The zero-order chi connectivity index (χ0) is 11.2. The van der Waals surface area contributed by atoms with Crippen molar-refractivity contribution < 1.29 is 8.42 Å². The van der Waals surface area contributed by atoms with Crippen molar-refractivity contribution in [2.24, 2.45) is 0 Å². The fraction of sp³-hybridized carbons (Fsp3) is 0.300. The van der Waals surface area contributed by atoms with Crippen LogP contribution in [0.2, 0.25) is 0 Å². The first-order chi connectivity index (χ1) is 7.65. The molecule has 2 N–H and O–H groups in total. The number of sulfonamides is 1. The normalized spacial score (nSPS) is 16.5. The molecule has 2 aromatic rings. The molecule has 5 nitrogen and oxygen atoms in total. The van der Waals surface area contributed by atoms with E-state index >= 15 is 0 Å². The van der Waals surface area contributed by atoms with Gasteiger partial charge in [-0.3, -0.25) is 9.82 Å². The van der Waals surface area contributed by atoms with E-state index in [9.17, 15) is 8.42 Å². The molecular formula is C10H11N3O2S. The molecule has 6 heteroatoms. The maximum atomic E-state index is 11.7. The summed E-state index contributed by atoms with van der Waals surface area (Å²) in [7, 11) is -3.18. The monoisotopic (exact) mass is 237 g/mol. The first-order valence-corrected chi connectivity index (χ1v) is 6.64. The lowest BCUT2D eigenvalue weighted by molar-refractivity contribution is 0.600. The molecule has 0 atom stereocenters. The Morgan fingerprint density at radius 3 is 2.94 bits per heavy atom. The Kier molecular flexibility index (Phi) is 1.94. The minimum absolute atomic E-state index is 0.204. The lowest BCUT2D eigenvalue weighted by atomic mass is 10.2. The van der Waals surface area contributed by atoms with Gasteiger partial charge in [-0.15, -0.1) is 0 Å². The van der Waals surface area contributed by atoms with Crippen molar-refractivity contribution in [3.63, 3.8) is 0 Å². The van der Waals surface area contributed by atoms with E-state index in [2.05, 4.69) is 14.9 Å². The van der Waals surface area contributed by atoms with Crippen molar-refractivity contribution in [1.29, 1.82) is 0 Å². The molecule has 3 rings (SSSR count). The molecule has 1 aromatic heterocycles. The minimum atomic E-state index is -3.18. The molecular weight excluding hydrogens is 226 g/mol. The summed E-state index contributed by atoms with van der Waals surface area (Å²) in [5, 5.41) is 7.45. The highest BCUT2D eigenvalue weighted by molar-refractivity contribution is 7.93. The van der Waals surface area contributed by atoms with Gasteiger partial charge >= 0.3 is 0 Å². The van der Waals surface area contributed by atoms with E-state index in [0.29, 0.717) is 5.69 Å². The third kappa shape index (κ3) is 1.65. The van der Waals surface area contributed by atoms with Crippen LogP contribution in [0.25, 0.3) is 10.9 Å². The molecule has 84 valence electrons. The molecule has 0 aliphatic heterocycles. The molecule has 1 fully saturated rings. The molecule has 0 bridgehead atoms. The smallest absolute Gasteiger partial charge is 0.235 e. The van der Waals surface area contributed by atoms with E-state index in [0.717, 1.165) is 23.7 Å². The molecule has 0 spiro atoms. The first-order valence-electron chi connectivity index (χ1n) is 5.10. The summed E-state index contributed by atoms with van der Waals surface area (Å²) in [6, 6.07) is 5.34. The number of hydrogen-bond donors (Lipinski definition) is 2. The highest BCUT2D eigenvalue weighted by atomic mass is 32.2. The number of nitrogens with one attached hydrogen (secondary N) is 2. The maximum absolute atomic E-state index is 11.7. The van der Waals surface area contributed by atoms with Gasteiger partial charge in [0.05, 0.1) is 22.7 Å². The van der Waals surface area contributed by atoms with Gasteiger partial charge in [-0.1, -0.05) is 0 Å². The van der Waals surface area contributed by atoms with E-state index in [1.165, 1.54) is 0 Å². The number of hydrogen-bond acceptors (Lipinski definition) is 3. The predicted octanol–water partition coefficient (Wildman–Crippen LogP) is 1.47. The van der Waals surface area contributed by atoms with E-state index in [-0.39, 0.29) is 5.25 Å². The third-order valence-corrected chi connectivity index (χ3v) is 4.53. The fourth-order valence-electron chi connectivity index (χ4n) is 1.63. The fourth-order valence-corrected chi connectivity index (χ4v) is 3.01. The summed E-state index contributed by atoms with van der Waals surface area (Å²) in [5.41, 5.74) is 1.42. The van der Waals surface area contributed by atoms with Crippen LogP contribution in [0.3, 0.4) is 0 Å². The van der Waals surface area contributed by atoms with Gasteiger partial charge in [0.1, 0.15) is 0 Å². The Balaban J connectivity index is 1.94. The molecule has 0 amide bonds. The van der Waals surface area contributed by atoms with E-state index in [1.54, 1.807) is 18.3 Å². The Labute approximate surface area is 92.9 Å². The van der Waals surface area contributed by atoms with Crippen LogP contribution in [0.15, 0.2) is 24.4 Å². The molecule has 1 aliphatic carbocycles. The largest absolute Gasteiger partial charge is 0.283 e. The summed E-state index contributed by atoms with van der Waals surface area (Å²) in [6.45, 7) is 0. The lowest BCUT2D eigenvalue weighted by Gasteiger charge is -2.06. The molecule has 1 aromatic carbocycles. The standard InChI is InChI=1S/C10H11N3O2S/c14-16(15,9-3-4-9)13-8-2-1-7-6-11-12-10(7)5-8/h1-2,5-6,9,13H,3-4H2,(H,11,12). The Hall–Kier alpha value is -1.56. The Bertz CT molecular complexity index is 628. The van der Waals surface area contributed by atoms with Gasteiger partial charge in [-0.2, -0.15) is 5.10 Å². The second-order valence-electron chi connectivity index (χ2n) is 4.02. The van der Waals surface area contributed by atoms with Crippen LogP contribution in [-0.2, 0) is 10.0 Å². The van der Waals surface area contributed by atoms with E-state index < -0.39 is 10.0 Å². The number of benzene rings is 1. The molecule has 0 saturated heterocycles. The molecule has 1 heterocycles. The summed E-state index contributed by atoms with van der Waals surface area (Å²) in [5.74, 6) is 0. The topological polar surface area (TPSA) is 74.8 Å². The maximum Gasteiger partial charge on any atom is 0.235 e. The Morgan fingerprint density at radius 1 is 1.38 bits per heavy atom. The van der Waals surface area contributed by atoms with Gasteiger partial charge in [-0.05, 0) is 31.0 Å². The second-order valence-corrected chi connectivity index (χ2v) is 5.98.